The standard InChI is InChI=1S/C31H27BrN2O5/c1-37-26-14-11-23(12-15-26)20-39-31(36)34-30(33)25-13-16-28(38-19-22-9-7-21(18-32)8-10-22)27(17-25)29(35)24-5-3-2-4-6-24/h2-17H,18-20H2,1H3,(H2,33,34,36). The molecule has 0 radical (unpaired) electrons. The lowest BCUT2D eigenvalue weighted by atomic mass is 10.00. The van der Waals surface area contributed by atoms with Gasteiger partial charge >= 0.3 is 6.09 Å². The zero-order valence-electron chi connectivity index (χ0n) is 21.3. The summed E-state index contributed by atoms with van der Waals surface area (Å²) in [5.74, 6) is 0.628. The van der Waals surface area contributed by atoms with Gasteiger partial charge in [0.25, 0.3) is 0 Å². The maximum Gasteiger partial charge on any atom is 0.413 e. The molecule has 0 saturated carbocycles. The fourth-order valence-electron chi connectivity index (χ4n) is 3.70. The predicted molar refractivity (Wildman–Crippen MR) is 153 cm³/mol. The number of alkyl carbamates (subject to hydrolysis) is 1. The molecule has 39 heavy (non-hydrogen) atoms. The van der Waals surface area contributed by atoms with Crippen LogP contribution in [-0.2, 0) is 23.3 Å². The van der Waals surface area contributed by atoms with Crippen LogP contribution in [0.2, 0.25) is 0 Å². The summed E-state index contributed by atoms with van der Waals surface area (Å²) < 4.78 is 16.4. The van der Waals surface area contributed by atoms with Gasteiger partial charge in [0, 0.05) is 16.5 Å². The number of hydrogen-bond donors (Lipinski definition) is 2. The van der Waals surface area contributed by atoms with Crippen LogP contribution in [0, 0.1) is 5.41 Å². The van der Waals surface area contributed by atoms with E-state index in [-0.39, 0.29) is 30.4 Å². The van der Waals surface area contributed by atoms with Gasteiger partial charge < -0.3 is 14.2 Å². The minimum atomic E-state index is -0.779. The third kappa shape index (κ3) is 7.55. The fourth-order valence-corrected chi connectivity index (χ4v) is 4.07. The van der Waals surface area contributed by atoms with E-state index in [4.69, 9.17) is 19.6 Å². The van der Waals surface area contributed by atoms with Crippen LogP contribution >= 0.6 is 15.9 Å². The molecule has 0 unspecified atom stereocenters. The monoisotopic (exact) mass is 586 g/mol. The summed E-state index contributed by atoms with van der Waals surface area (Å²) in [6, 6.07) is 28.7. The van der Waals surface area contributed by atoms with Crippen molar-refractivity contribution in [3.05, 3.63) is 130 Å². The first-order valence-corrected chi connectivity index (χ1v) is 13.2. The molecule has 0 aliphatic rings. The number of amidine groups is 1. The Hall–Kier alpha value is -4.43. The zero-order chi connectivity index (χ0) is 27.6. The lowest BCUT2D eigenvalue weighted by molar-refractivity contribution is 0.103. The molecule has 2 N–H and O–H groups in total. The zero-order valence-corrected chi connectivity index (χ0v) is 22.9. The number of ether oxygens (including phenoxy) is 3. The van der Waals surface area contributed by atoms with Crippen molar-refractivity contribution in [2.24, 2.45) is 0 Å². The number of carbonyl (C=O) groups excluding carboxylic acids is 2. The molecule has 4 aromatic rings. The second-order valence-corrected chi connectivity index (χ2v) is 9.13. The van der Waals surface area contributed by atoms with Crippen LogP contribution in [0.15, 0.2) is 97.1 Å². The average molecular weight is 587 g/mol. The number of hydrogen-bond acceptors (Lipinski definition) is 6. The smallest absolute Gasteiger partial charge is 0.413 e. The van der Waals surface area contributed by atoms with Gasteiger partial charge in [-0.25, -0.2) is 4.79 Å². The summed E-state index contributed by atoms with van der Waals surface area (Å²) in [7, 11) is 1.58. The van der Waals surface area contributed by atoms with Crippen LogP contribution in [-0.4, -0.2) is 24.8 Å². The summed E-state index contributed by atoms with van der Waals surface area (Å²) in [6.45, 7) is 0.300. The van der Waals surface area contributed by atoms with E-state index in [0.717, 1.165) is 22.0 Å². The topological polar surface area (TPSA) is 97.7 Å². The van der Waals surface area contributed by atoms with E-state index < -0.39 is 6.09 Å². The molecule has 0 fully saturated rings. The normalized spacial score (nSPS) is 10.4. The van der Waals surface area contributed by atoms with E-state index in [1.807, 2.05) is 30.3 Å². The number of ketones is 1. The van der Waals surface area contributed by atoms with Gasteiger partial charge in [-0.1, -0.05) is 82.7 Å². The quantitative estimate of drug-likeness (QED) is 0.0937. The van der Waals surface area contributed by atoms with Crippen LogP contribution < -0.4 is 14.8 Å². The number of halogens is 1. The predicted octanol–water partition coefficient (Wildman–Crippen LogP) is 6.65. The van der Waals surface area contributed by atoms with Crippen LogP contribution in [0.3, 0.4) is 0 Å². The van der Waals surface area contributed by atoms with Crippen molar-refractivity contribution in [1.82, 2.24) is 5.32 Å². The SMILES string of the molecule is COc1ccc(COC(=O)NC(=N)c2ccc(OCc3ccc(CBr)cc3)c(C(=O)c3ccccc3)c2)cc1. The van der Waals surface area contributed by atoms with Gasteiger partial charge in [-0.05, 0) is 47.0 Å². The van der Waals surface area contributed by atoms with Gasteiger partial charge in [0.1, 0.15) is 30.5 Å². The molecular weight excluding hydrogens is 560 g/mol. The molecule has 4 rings (SSSR count). The van der Waals surface area contributed by atoms with Crippen LogP contribution in [0.4, 0.5) is 4.79 Å². The molecule has 198 valence electrons. The van der Waals surface area contributed by atoms with Gasteiger partial charge in [-0.2, -0.15) is 0 Å². The summed E-state index contributed by atoms with van der Waals surface area (Å²) in [6.07, 6.45) is -0.779. The largest absolute Gasteiger partial charge is 0.497 e. The van der Waals surface area contributed by atoms with Crippen molar-refractivity contribution in [1.29, 1.82) is 5.41 Å². The molecule has 8 heteroatoms. The highest BCUT2D eigenvalue weighted by atomic mass is 79.9. The number of benzene rings is 4. The molecule has 0 aliphatic carbocycles. The Bertz CT molecular complexity index is 1440. The number of carbonyl (C=O) groups is 2. The molecular formula is C31H27BrN2O5. The Morgan fingerprint density at radius 1 is 0.795 bits per heavy atom. The first-order chi connectivity index (χ1) is 19.0. The van der Waals surface area contributed by atoms with E-state index in [2.05, 4.69) is 21.2 Å². The Balaban J connectivity index is 1.48. The van der Waals surface area contributed by atoms with Crippen LogP contribution in [0.5, 0.6) is 11.5 Å². The van der Waals surface area contributed by atoms with Gasteiger partial charge in [0.2, 0.25) is 0 Å². The second-order valence-electron chi connectivity index (χ2n) is 8.57. The number of rotatable bonds is 10. The molecule has 0 saturated heterocycles. The van der Waals surface area contributed by atoms with Crippen molar-refractivity contribution in [3.8, 4) is 11.5 Å². The maximum atomic E-state index is 13.4. The van der Waals surface area contributed by atoms with Crippen LogP contribution in [0.25, 0.3) is 0 Å². The highest BCUT2D eigenvalue weighted by molar-refractivity contribution is 9.08. The van der Waals surface area contributed by atoms with E-state index in [0.29, 0.717) is 22.6 Å². The van der Waals surface area contributed by atoms with Gasteiger partial charge in [-0.3, -0.25) is 15.5 Å². The lowest BCUT2D eigenvalue weighted by Gasteiger charge is -2.14. The molecule has 7 nitrogen and oxygen atoms in total. The highest BCUT2D eigenvalue weighted by Crippen LogP contribution is 2.25. The fraction of sp³-hybridized carbons (Fsp3) is 0.129. The number of amides is 1. The third-order valence-electron chi connectivity index (χ3n) is 5.88. The minimum Gasteiger partial charge on any atom is -0.497 e. The molecule has 0 heterocycles. The van der Waals surface area contributed by atoms with Crippen molar-refractivity contribution in [2.75, 3.05) is 7.11 Å². The Kier molecular flexibility index (Phi) is 9.48. The maximum absolute atomic E-state index is 13.4. The highest BCUT2D eigenvalue weighted by Gasteiger charge is 2.18. The Morgan fingerprint density at radius 2 is 1.44 bits per heavy atom. The van der Waals surface area contributed by atoms with Crippen molar-refractivity contribution >= 4 is 33.6 Å². The molecule has 0 bridgehead atoms. The summed E-state index contributed by atoms with van der Waals surface area (Å²) >= 11 is 3.44. The average Bonchev–Trinajstić information content (AvgIpc) is 2.99. The minimum absolute atomic E-state index is 0.0320. The van der Waals surface area contributed by atoms with Crippen molar-refractivity contribution < 1.29 is 23.8 Å². The van der Waals surface area contributed by atoms with Crippen LogP contribution in [0.1, 0.15) is 38.2 Å². The third-order valence-corrected chi connectivity index (χ3v) is 6.52. The summed E-state index contributed by atoms with van der Waals surface area (Å²) in [5.41, 5.74) is 3.99. The number of alkyl halides is 1. The summed E-state index contributed by atoms with van der Waals surface area (Å²) in [4.78, 5) is 25.7. The Morgan fingerprint density at radius 3 is 2.10 bits per heavy atom. The van der Waals surface area contributed by atoms with Crippen molar-refractivity contribution in [3.63, 3.8) is 0 Å². The van der Waals surface area contributed by atoms with Crippen molar-refractivity contribution in [2.45, 2.75) is 18.5 Å². The first-order valence-electron chi connectivity index (χ1n) is 12.1. The number of methoxy groups -OCH3 is 1. The molecule has 0 aromatic heterocycles. The molecule has 0 spiro atoms. The molecule has 4 aromatic carbocycles. The van der Waals surface area contributed by atoms with E-state index in [1.165, 1.54) is 0 Å². The molecule has 1 amide bonds. The van der Waals surface area contributed by atoms with Gasteiger partial charge in [-0.15, -0.1) is 0 Å². The first kappa shape index (κ1) is 27.6. The second kappa shape index (κ2) is 13.4. The van der Waals surface area contributed by atoms with E-state index in [1.54, 1.807) is 73.8 Å². The Labute approximate surface area is 235 Å². The molecule has 0 atom stereocenters. The molecule has 0 aliphatic heterocycles. The summed E-state index contributed by atoms with van der Waals surface area (Å²) in [5, 5.41) is 11.6. The van der Waals surface area contributed by atoms with Gasteiger partial charge in [0.05, 0.1) is 12.7 Å². The number of nitrogens with one attached hydrogen (secondary N) is 2. The van der Waals surface area contributed by atoms with E-state index in [9.17, 15) is 9.59 Å². The lowest BCUT2D eigenvalue weighted by Crippen LogP contribution is -2.31. The van der Waals surface area contributed by atoms with E-state index >= 15 is 0 Å². The van der Waals surface area contributed by atoms with Gasteiger partial charge in [0.15, 0.2) is 5.78 Å².